The molecular formula is C26H28F3NO4. The number of aromatic nitrogens is 1. The van der Waals surface area contributed by atoms with Crippen molar-refractivity contribution in [3.63, 3.8) is 0 Å². The first-order valence-corrected chi connectivity index (χ1v) is 11.2. The fourth-order valence-electron chi connectivity index (χ4n) is 3.69. The Morgan fingerprint density at radius 1 is 1.09 bits per heavy atom. The van der Waals surface area contributed by atoms with Gasteiger partial charge in [-0.1, -0.05) is 6.07 Å². The first-order valence-electron chi connectivity index (χ1n) is 11.2. The van der Waals surface area contributed by atoms with Crippen LogP contribution in [0.3, 0.4) is 0 Å². The molecule has 0 saturated heterocycles. The number of benzene rings is 2. The summed E-state index contributed by atoms with van der Waals surface area (Å²) in [5.74, 6) is 1.63. The van der Waals surface area contributed by atoms with Crippen LogP contribution >= 0.6 is 0 Å². The molecule has 0 spiro atoms. The largest absolute Gasteiger partial charge is 0.493 e. The molecule has 0 radical (unpaired) electrons. The van der Waals surface area contributed by atoms with Crippen LogP contribution in [0, 0.1) is 6.92 Å². The van der Waals surface area contributed by atoms with Crippen LogP contribution in [-0.4, -0.2) is 24.2 Å². The van der Waals surface area contributed by atoms with Crippen molar-refractivity contribution in [3.8, 4) is 17.2 Å². The van der Waals surface area contributed by atoms with E-state index in [9.17, 15) is 18.0 Å². The van der Waals surface area contributed by atoms with Crippen LogP contribution in [0.25, 0.3) is 11.5 Å². The van der Waals surface area contributed by atoms with Gasteiger partial charge in [0.15, 0.2) is 0 Å². The average Bonchev–Trinajstić information content (AvgIpc) is 3.40. The lowest BCUT2D eigenvalue weighted by molar-refractivity contribution is -0.140. The van der Waals surface area contributed by atoms with Gasteiger partial charge in [-0.3, -0.25) is 4.79 Å². The van der Waals surface area contributed by atoms with Crippen molar-refractivity contribution in [3.05, 3.63) is 70.6 Å². The monoisotopic (exact) mass is 475 g/mol. The Hall–Kier alpha value is -3.29. The van der Waals surface area contributed by atoms with Crippen molar-refractivity contribution in [1.82, 2.24) is 4.98 Å². The lowest BCUT2D eigenvalue weighted by Gasteiger charge is -2.07. The highest BCUT2D eigenvalue weighted by atomic mass is 19.4. The predicted octanol–water partition coefficient (Wildman–Crippen LogP) is 6.35. The second-order valence-electron chi connectivity index (χ2n) is 7.91. The number of halogens is 3. The van der Waals surface area contributed by atoms with E-state index in [0.717, 1.165) is 30.7 Å². The van der Waals surface area contributed by atoms with Crippen molar-refractivity contribution in [1.29, 1.82) is 0 Å². The van der Waals surface area contributed by atoms with Gasteiger partial charge >= 0.3 is 12.1 Å². The average molecular weight is 476 g/mol. The third-order valence-corrected chi connectivity index (χ3v) is 5.37. The van der Waals surface area contributed by atoms with Gasteiger partial charge < -0.3 is 13.9 Å². The van der Waals surface area contributed by atoms with E-state index in [1.165, 1.54) is 36.6 Å². The molecule has 1 aliphatic carbocycles. The topological polar surface area (TPSA) is 61.6 Å². The third-order valence-electron chi connectivity index (χ3n) is 5.37. The molecule has 34 heavy (non-hydrogen) atoms. The maximum absolute atomic E-state index is 12.7. The molecule has 5 nitrogen and oxygen atoms in total. The molecular weight excluding hydrogens is 447 g/mol. The molecule has 8 heteroatoms. The Morgan fingerprint density at radius 3 is 2.41 bits per heavy atom. The van der Waals surface area contributed by atoms with Crippen molar-refractivity contribution in [2.45, 2.75) is 52.6 Å². The van der Waals surface area contributed by atoms with Gasteiger partial charge in [0.1, 0.15) is 11.5 Å². The second kappa shape index (κ2) is 11.2. The number of carbonyl (C=O) groups excluding carboxylic acids is 1. The SMILES string of the molecule is CCOC(C)=O.Cc1nc(-c2ccc(C(F)(F)F)cc2)oc1CCOc1ccc2c(c1)CCC2. The van der Waals surface area contributed by atoms with E-state index in [2.05, 4.69) is 21.9 Å². The van der Waals surface area contributed by atoms with Crippen LogP contribution in [0.15, 0.2) is 46.9 Å². The smallest absolute Gasteiger partial charge is 0.416 e. The molecule has 1 aromatic heterocycles. The summed E-state index contributed by atoms with van der Waals surface area (Å²) < 4.78 is 54.1. The fraction of sp³-hybridized carbons (Fsp3) is 0.385. The number of hydrogen-bond acceptors (Lipinski definition) is 5. The number of oxazole rings is 1. The number of ether oxygens (including phenoxy) is 2. The highest BCUT2D eigenvalue weighted by Crippen LogP contribution is 2.31. The van der Waals surface area contributed by atoms with E-state index in [4.69, 9.17) is 9.15 Å². The molecule has 0 N–H and O–H groups in total. The number of nitrogens with zero attached hydrogens (tertiary/aromatic N) is 1. The van der Waals surface area contributed by atoms with Gasteiger partial charge in [0.2, 0.25) is 5.89 Å². The summed E-state index contributed by atoms with van der Waals surface area (Å²) in [7, 11) is 0. The minimum Gasteiger partial charge on any atom is -0.493 e. The summed E-state index contributed by atoms with van der Waals surface area (Å²) in [4.78, 5) is 14.2. The van der Waals surface area contributed by atoms with Crippen molar-refractivity contribution in [2.24, 2.45) is 0 Å². The molecule has 3 aromatic rings. The van der Waals surface area contributed by atoms with E-state index < -0.39 is 11.7 Å². The van der Waals surface area contributed by atoms with Crippen LogP contribution in [0.2, 0.25) is 0 Å². The highest BCUT2D eigenvalue weighted by molar-refractivity contribution is 5.65. The zero-order valence-electron chi connectivity index (χ0n) is 19.5. The molecule has 1 aliphatic rings. The standard InChI is InChI=1S/C22H20F3NO2.C4H8O2/c1-14-20(11-12-27-19-10-7-15-3-2-4-17(15)13-19)28-21(26-14)16-5-8-18(9-6-16)22(23,24)25;1-3-6-4(2)5/h5-10,13H,2-4,11-12H2,1H3;3H2,1-2H3. The normalized spacial score (nSPS) is 12.5. The number of rotatable bonds is 6. The maximum atomic E-state index is 12.7. The number of alkyl halides is 3. The molecule has 0 bridgehead atoms. The van der Waals surface area contributed by atoms with E-state index in [1.54, 1.807) is 6.92 Å². The first kappa shape index (κ1) is 25.3. The first-order chi connectivity index (χ1) is 16.2. The van der Waals surface area contributed by atoms with Crippen molar-refractivity contribution < 1.29 is 31.9 Å². The molecule has 0 atom stereocenters. The Balaban J connectivity index is 0.000000481. The second-order valence-corrected chi connectivity index (χ2v) is 7.91. The van der Waals surface area contributed by atoms with Gasteiger partial charge in [0, 0.05) is 18.9 Å². The van der Waals surface area contributed by atoms with Crippen LogP contribution in [-0.2, 0) is 35.0 Å². The Labute approximate surface area is 196 Å². The van der Waals surface area contributed by atoms with Crippen LogP contribution in [0.5, 0.6) is 5.75 Å². The Bertz CT molecular complexity index is 1100. The summed E-state index contributed by atoms with van der Waals surface area (Å²) in [6.45, 7) is 5.92. The molecule has 1 heterocycles. The van der Waals surface area contributed by atoms with E-state index in [-0.39, 0.29) is 5.97 Å². The number of fused-ring (bicyclic) bond motifs is 1. The third kappa shape index (κ3) is 6.85. The highest BCUT2D eigenvalue weighted by Gasteiger charge is 2.30. The van der Waals surface area contributed by atoms with Crippen molar-refractivity contribution in [2.75, 3.05) is 13.2 Å². The molecule has 0 aliphatic heterocycles. The van der Waals surface area contributed by atoms with Crippen LogP contribution < -0.4 is 4.74 Å². The maximum Gasteiger partial charge on any atom is 0.416 e. The lowest BCUT2D eigenvalue weighted by Crippen LogP contribution is -2.03. The quantitative estimate of drug-likeness (QED) is 0.389. The number of esters is 1. The summed E-state index contributed by atoms with van der Waals surface area (Å²) in [5.41, 5.74) is 3.30. The van der Waals surface area contributed by atoms with Gasteiger partial charge in [-0.2, -0.15) is 13.2 Å². The van der Waals surface area contributed by atoms with Crippen molar-refractivity contribution >= 4 is 5.97 Å². The minimum absolute atomic E-state index is 0.211. The lowest BCUT2D eigenvalue weighted by atomic mass is 10.1. The summed E-state index contributed by atoms with van der Waals surface area (Å²) in [6, 6.07) is 11.0. The van der Waals surface area contributed by atoms with Gasteiger partial charge in [0.25, 0.3) is 0 Å². The summed E-state index contributed by atoms with van der Waals surface area (Å²) in [6.07, 6.45) is -0.381. The van der Waals surface area contributed by atoms with Gasteiger partial charge in [0.05, 0.1) is 24.5 Å². The predicted molar refractivity (Wildman–Crippen MR) is 122 cm³/mol. The molecule has 0 saturated carbocycles. The van der Waals surface area contributed by atoms with Gasteiger partial charge in [-0.05, 0) is 80.6 Å². The molecule has 0 unspecified atom stereocenters. The van der Waals surface area contributed by atoms with Gasteiger partial charge in [-0.25, -0.2) is 4.98 Å². The number of hydrogen-bond donors (Lipinski definition) is 0. The molecule has 2 aromatic carbocycles. The number of aryl methyl sites for hydroxylation is 3. The summed E-state index contributed by atoms with van der Waals surface area (Å²) in [5, 5.41) is 0. The van der Waals surface area contributed by atoms with E-state index >= 15 is 0 Å². The van der Waals surface area contributed by atoms with Gasteiger partial charge in [-0.15, -0.1) is 0 Å². The van der Waals surface area contributed by atoms with E-state index in [1.807, 2.05) is 13.0 Å². The zero-order valence-corrected chi connectivity index (χ0v) is 19.5. The summed E-state index contributed by atoms with van der Waals surface area (Å²) >= 11 is 0. The van der Waals surface area contributed by atoms with Crippen LogP contribution in [0.4, 0.5) is 13.2 Å². The van der Waals surface area contributed by atoms with E-state index in [0.29, 0.717) is 42.5 Å². The zero-order chi connectivity index (χ0) is 24.7. The molecule has 4 rings (SSSR count). The Morgan fingerprint density at radius 2 is 1.79 bits per heavy atom. The van der Waals surface area contributed by atoms with Crippen LogP contribution in [0.1, 0.15) is 48.4 Å². The Kier molecular flexibility index (Phi) is 8.36. The fourth-order valence-corrected chi connectivity index (χ4v) is 3.69. The molecule has 182 valence electrons. The molecule has 0 fully saturated rings. The minimum atomic E-state index is -4.36. The molecule has 0 amide bonds. The number of carbonyl (C=O) groups is 1.